The number of urea groups is 1. The highest BCUT2D eigenvalue weighted by molar-refractivity contribution is 7.80. The summed E-state index contributed by atoms with van der Waals surface area (Å²) in [7, 11) is 0. The number of hydrazine groups is 1. The van der Waals surface area contributed by atoms with E-state index in [0.29, 0.717) is 6.54 Å². The molecule has 0 radical (unpaired) electrons. The van der Waals surface area contributed by atoms with Gasteiger partial charge >= 0.3 is 6.03 Å². The minimum absolute atomic E-state index is 0.248. The number of morpholine rings is 1. The lowest BCUT2D eigenvalue weighted by Crippen LogP contribution is -2.51. The molecule has 0 aliphatic carbocycles. The van der Waals surface area contributed by atoms with Gasteiger partial charge in [0.2, 0.25) is 0 Å². The van der Waals surface area contributed by atoms with Crippen molar-refractivity contribution in [2.75, 3.05) is 39.4 Å². The number of thiocarbonyl (C=S) groups is 1. The molecule has 1 aromatic carbocycles. The molecule has 27 heavy (non-hydrogen) atoms. The molecule has 3 amide bonds. The third kappa shape index (κ3) is 4.55. The van der Waals surface area contributed by atoms with Crippen LogP contribution in [-0.4, -0.2) is 66.4 Å². The smallest absolute Gasteiger partial charge is 0.344 e. The van der Waals surface area contributed by atoms with E-state index in [1.165, 1.54) is 0 Å². The Balaban J connectivity index is 1.47. The van der Waals surface area contributed by atoms with E-state index in [9.17, 15) is 9.59 Å². The molecule has 2 fully saturated rings. The average Bonchev–Trinajstić information content (AvgIpc) is 2.91. The van der Waals surface area contributed by atoms with Gasteiger partial charge < -0.3 is 15.4 Å². The number of nitrogens with one attached hydrogen (secondary N) is 3. The third-order valence-electron chi connectivity index (χ3n) is 4.80. The number of rotatable bonds is 6. The van der Waals surface area contributed by atoms with E-state index in [2.05, 4.69) is 21.0 Å². The second kappa shape index (κ2) is 8.64. The molecule has 0 saturated carbocycles. The van der Waals surface area contributed by atoms with Gasteiger partial charge in [0.25, 0.3) is 5.91 Å². The lowest BCUT2D eigenvalue weighted by Gasteiger charge is -2.26. The van der Waals surface area contributed by atoms with Gasteiger partial charge in [0.1, 0.15) is 5.54 Å². The molecule has 3 N–H and O–H groups in total. The van der Waals surface area contributed by atoms with Crippen molar-refractivity contribution < 1.29 is 14.3 Å². The van der Waals surface area contributed by atoms with Gasteiger partial charge in [0.15, 0.2) is 5.11 Å². The Bertz CT molecular complexity index is 695. The second-order valence-electron chi connectivity index (χ2n) is 6.74. The lowest BCUT2D eigenvalue weighted by atomic mass is 9.92. The Labute approximate surface area is 164 Å². The van der Waals surface area contributed by atoms with Crippen molar-refractivity contribution in [2.24, 2.45) is 0 Å². The van der Waals surface area contributed by atoms with Crippen LogP contribution in [0.5, 0.6) is 0 Å². The highest BCUT2D eigenvalue weighted by Gasteiger charge is 2.49. The molecule has 146 valence electrons. The fraction of sp³-hybridized carbons (Fsp3) is 0.500. The first-order chi connectivity index (χ1) is 13.0. The molecule has 0 spiro atoms. The van der Waals surface area contributed by atoms with E-state index in [1.807, 2.05) is 30.3 Å². The number of nitrogens with zero attached hydrogens (tertiary/aromatic N) is 2. The van der Waals surface area contributed by atoms with Gasteiger partial charge in [-0.3, -0.25) is 15.1 Å². The Morgan fingerprint density at radius 2 is 1.96 bits per heavy atom. The largest absolute Gasteiger partial charge is 0.379 e. The molecule has 8 nitrogen and oxygen atoms in total. The zero-order valence-corrected chi connectivity index (χ0v) is 16.2. The van der Waals surface area contributed by atoms with Crippen LogP contribution in [0.3, 0.4) is 0 Å². The monoisotopic (exact) mass is 391 g/mol. The first kappa shape index (κ1) is 19.5. The zero-order valence-electron chi connectivity index (χ0n) is 15.4. The summed E-state index contributed by atoms with van der Waals surface area (Å²) < 4.78 is 5.32. The Morgan fingerprint density at radius 1 is 1.26 bits per heavy atom. The van der Waals surface area contributed by atoms with Gasteiger partial charge in [-0.1, -0.05) is 30.3 Å². The van der Waals surface area contributed by atoms with Crippen molar-refractivity contribution in [2.45, 2.75) is 18.9 Å². The van der Waals surface area contributed by atoms with Crippen LogP contribution in [0.2, 0.25) is 0 Å². The molecule has 0 unspecified atom stereocenters. The number of hydrogen-bond acceptors (Lipinski definition) is 5. The normalized spacial score (nSPS) is 23.2. The number of benzene rings is 1. The number of carbonyl (C=O) groups excluding carboxylic acids is 2. The van der Waals surface area contributed by atoms with Gasteiger partial charge in [0, 0.05) is 19.6 Å². The van der Waals surface area contributed by atoms with Gasteiger partial charge in [-0.25, -0.2) is 4.79 Å². The highest BCUT2D eigenvalue weighted by atomic mass is 32.1. The predicted octanol–water partition coefficient (Wildman–Crippen LogP) is 0.555. The van der Waals surface area contributed by atoms with Crippen molar-refractivity contribution in [3.05, 3.63) is 35.9 Å². The lowest BCUT2D eigenvalue weighted by molar-refractivity contribution is -0.132. The molecule has 0 bridgehead atoms. The zero-order chi connectivity index (χ0) is 19.3. The third-order valence-corrected chi connectivity index (χ3v) is 5.03. The van der Waals surface area contributed by atoms with Crippen molar-refractivity contribution in [1.29, 1.82) is 0 Å². The predicted molar refractivity (Wildman–Crippen MR) is 105 cm³/mol. The van der Waals surface area contributed by atoms with Gasteiger partial charge in [-0.2, -0.15) is 5.01 Å². The first-order valence-electron chi connectivity index (χ1n) is 9.07. The van der Waals surface area contributed by atoms with E-state index < -0.39 is 17.5 Å². The minimum atomic E-state index is -1.11. The number of imide groups is 1. The topological polar surface area (TPSA) is 85.9 Å². The number of ether oxygens (including phenoxy) is 1. The number of carbonyl (C=O) groups is 2. The summed E-state index contributed by atoms with van der Waals surface area (Å²) in [6.07, 6.45) is 0.906. The maximum Gasteiger partial charge on any atom is 0.344 e. The summed E-state index contributed by atoms with van der Waals surface area (Å²) in [6.45, 7) is 6.74. The summed E-state index contributed by atoms with van der Waals surface area (Å²) in [4.78, 5) is 27.4. The maximum atomic E-state index is 12.8. The molecule has 2 saturated heterocycles. The van der Waals surface area contributed by atoms with E-state index in [0.717, 1.165) is 49.8 Å². The minimum Gasteiger partial charge on any atom is -0.379 e. The van der Waals surface area contributed by atoms with Crippen molar-refractivity contribution in [1.82, 2.24) is 26.0 Å². The van der Waals surface area contributed by atoms with Crippen LogP contribution in [0.4, 0.5) is 4.79 Å². The molecule has 2 aliphatic rings. The fourth-order valence-electron chi connectivity index (χ4n) is 3.18. The van der Waals surface area contributed by atoms with E-state index in [1.54, 1.807) is 6.92 Å². The average molecular weight is 391 g/mol. The van der Waals surface area contributed by atoms with Gasteiger partial charge in [0.05, 0.1) is 13.2 Å². The quantitative estimate of drug-likeness (QED) is 0.371. The van der Waals surface area contributed by atoms with Crippen LogP contribution in [0.1, 0.15) is 18.9 Å². The van der Waals surface area contributed by atoms with Crippen LogP contribution in [0.15, 0.2) is 30.3 Å². The molecule has 2 aliphatic heterocycles. The summed E-state index contributed by atoms with van der Waals surface area (Å²) in [5.41, 5.74) is 2.31. The van der Waals surface area contributed by atoms with E-state index >= 15 is 0 Å². The van der Waals surface area contributed by atoms with Crippen molar-refractivity contribution in [3.8, 4) is 0 Å². The van der Waals surface area contributed by atoms with Crippen molar-refractivity contribution in [3.63, 3.8) is 0 Å². The summed E-state index contributed by atoms with van der Waals surface area (Å²) >= 11 is 5.23. The maximum absolute atomic E-state index is 12.8. The standard InChI is InChI=1S/C18H25N5O3S/c1-18(14-6-3-2-4-7-14)15(24)23(17(25)20-18)21-16(27)19-8-5-9-22-10-12-26-13-11-22/h2-4,6-7H,5,8-13H2,1H3,(H,20,25)(H2,19,21,27)/t18-/m0/s1. The molecule has 3 rings (SSSR count). The molecule has 0 aromatic heterocycles. The Hall–Kier alpha value is -2.23. The summed E-state index contributed by atoms with van der Waals surface area (Å²) in [6, 6.07) is 8.62. The van der Waals surface area contributed by atoms with E-state index in [4.69, 9.17) is 17.0 Å². The molecular formula is C18H25N5O3S. The van der Waals surface area contributed by atoms with Crippen LogP contribution in [-0.2, 0) is 15.1 Å². The second-order valence-corrected chi connectivity index (χ2v) is 7.15. The van der Waals surface area contributed by atoms with E-state index in [-0.39, 0.29) is 5.11 Å². The molecule has 1 atom stereocenters. The van der Waals surface area contributed by atoms with Crippen LogP contribution in [0, 0.1) is 0 Å². The Kier molecular flexibility index (Phi) is 6.25. The van der Waals surface area contributed by atoms with Crippen molar-refractivity contribution >= 4 is 29.3 Å². The highest BCUT2D eigenvalue weighted by Crippen LogP contribution is 2.27. The Morgan fingerprint density at radius 3 is 2.67 bits per heavy atom. The molecule has 9 heteroatoms. The fourth-order valence-corrected chi connectivity index (χ4v) is 3.37. The van der Waals surface area contributed by atoms with Gasteiger partial charge in [-0.05, 0) is 37.7 Å². The number of amides is 3. The first-order valence-corrected chi connectivity index (χ1v) is 9.48. The number of hydrogen-bond donors (Lipinski definition) is 3. The SMILES string of the molecule is C[C@@]1(c2ccccc2)NC(=O)N(NC(=S)NCCCN2CCOCC2)C1=O. The molecule has 1 aromatic rings. The summed E-state index contributed by atoms with van der Waals surface area (Å²) in [5.74, 6) is -0.392. The van der Waals surface area contributed by atoms with Crippen LogP contribution in [0.25, 0.3) is 0 Å². The van der Waals surface area contributed by atoms with Crippen LogP contribution < -0.4 is 16.1 Å². The van der Waals surface area contributed by atoms with Gasteiger partial charge in [-0.15, -0.1) is 0 Å². The molecular weight excluding hydrogens is 366 g/mol. The summed E-state index contributed by atoms with van der Waals surface area (Å²) in [5, 5.41) is 6.96. The van der Waals surface area contributed by atoms with Crippen LogP contribution >= 0.6 is 12.2 Å². The molecule has 2 heterocycles.